The summed E-state index contributed by atoms with van der Waals surface area (Å²) >= 11 is 0. The molecule has 0 saturated heterocycles. The van der Waals surface area contributed by atoms with Crippen LogP contribution in [0.2, 0.25) is 0 Å². The van der Waals surface area contributed by atoms with Gasteiger partial charge in [-0.05, 0) is 36.0 Å². The Bertz CT molecular complexity index is 1150. The number of amides is 3. The molecule has 1 fully saturated rings. The third-order valence-corrected chi connectivity index (χ3v) is 6.58. The number of anilines is 1. The van der Waals surface area contributed by atoms with Crippen molar-refractivity contribution in [1.29, 1.82) is 0 Å². The van der Waals surface area contributed by atoms with E-state index in [1.54, 1.807) is 30.3 Å². The van der Waals surface area contributed by atoms with Crippen LogP contribution in [0.25, 0.3) is 11.1 Å². The van der Waals surface area contributed by atoms with Gasteiger partial charge in [0.1, 0.15) is 11.9 Å². The Hall–Kier alpha value is -3.43. The summed E-state index contributed by atoms with van der Waals surface area (Å²) < 4.78 is 53.6. The highest BCUT2D eigenvalue weighted by Crippen LogP contribution is 2.41. The summed E-state index contributed by atoms with van der Waals surface area (Å²) in [7, 11) is 0. The number of halogens is 4. The number of fused-ring (bicyclic) bond motifs is 3. The van der Waals surface area contributed by atoms with Crippen molar-refractivity contribution in [1.82, 2.24) is 5.32 Å². The number of hydrogen-bond donors (Lipinski definition) is 3. The number of carbonyl (C=O) groups is 3. The smallest absolute Gasteiger partial charge is 0.369 e. The van der Waals surface area contributed by atoms with Crippen LogP contribution >= 0.6 is 0 Å². The molecule has 2 aromatic carbocycles. The van der Waals surface area contributed by atoms with Crippen molar-refractivity contribution in [2.24, 2.45) is 23.5 Å². The van der Waals surface area contributed by atoms with E-state index >= 15 is 0 Å². The van der Waals surface area contributed by atoms with Crippen LogP contribution in [-0.4, -0.2) is 23.9 Å². The Balaban J connectivity index is 1.67. The zero-order valence-corrected chi connectivity index (χ0v) is 18.7. The highest BCUT2D eigenvalue weighted by atomic mass is 19.4. The van der Waals surface area contributed by atoms with E-state index in [0.717, 1.165) is 12.8 Å². The second-order valence-electron chi connectivity index (χ2n) is 9.13. The van der Waals surface area contributed by atoms with Gasteiger partial charge in [-0.15, -0.1) is 0 Å². The van der Waals surface area contributed by atoms with Gasteiger partial charge in [-0.25, -0.2) is 4.39 Å². The first-order chi connectivity index (χ1) is 16.5. The molecule has 0 unspecified atom stereocenters. The monoisotopic (exact) mass is 491 g/mol. The van der Waals surface area contributed by atoms with E-state index in [1.807, 2.05) is 0 Å². The molecule has 186 valence electrons. The van der Waals surface area contributed by atoms with Crippen LogP contribution in [0.4, 0.5) is 23.2 Å². The summed E-state index contributed by atoms with van der Waals surface area (Å²) in [6.07, 6.45) is -4.59. The third-order valence-electron chi connectivity index (χ3n) is 6.58. The van der Waals surface area contributed by atoms with Gasteiger partial charge in [0.25, 0.3) is 5.91 Å². The first-order valence-corrected chi connectivity index (χ1v) is 11.4. The SMILES string of the molecule is NC(=O)[C@@H](CC1CC1)[C@@H](CCC(F)(F)F)C(=O)N[C@@H]1C(=O)Nc2c(F)cccc2-c2ccccc21. The molecule has 3 atom stereocenters. The summed E-state index contributed by atoms with van der Waals surface area (Å²) in [5.74, 6) is -5.46. The lowest BCUT2D eigenvalue weighted by atomic mass is 9.82. The van der Waals surface area contributed by atoms with Gasteiger partial charge >= 0.3 is 6.18 Å². The zero-order chi connectivity index (χ0) is 25.3. The summed E-state index contributed by atoms with van der Waals surface area (Å²) in [5, 5.41) is 5.02. The highest BCUT2D eigenvalue weighted by Gasteiger charge is 2.41. The van der Waals surface area contributed by atoms with Crippen molar-refractivity contribution >= 4 is 23.4 Å². The molecular weight excluding hydrogens is 466 g/mol. The average Bonchev–Trinajstić information content (AvgIpc) is 3.62. The number of carbonyl (C=O) groups excluding carboxylic acids is 3. The number of alkyl halides is 3. The fraction of sp³-hybridized carbons (Fsp3) is 0.400. The number of primary amides is 1. The second kappa shape index (κ2) is 9.67. The van der Waals surface area contributed by atoms with Gasteiger partial charge in [-0.1, -0.05) is 49.2 Å². The molecule has 1 aliphatic carbocycles. The molecule has 0 spiro atoms. The van der Waals surface area contributed by atoms with Crippen LogP contribution in [-0.2, 0) is 14.4 Å². The molecule has 35 heavy (non-hydrogen) atoms. The average molecular weight is 491 g/mol. The topological polar surface area (TPSA) is 101 Å². The molecule has 4 rings (SSSR count). The van der Waals surface area contributed by atoms with Crippen molar-refractivity contribution in [3.8, 4) is 11.1 Å². The molecule has 3 amide bonds. The molecule has 1 heterocycles. The van der Waals surface area contributed by atoms with E-state index in [0.29, 0.717) is 16.7 Å². The van der Waals surface area contributed by atoms with Gasteiger partial charge in [0.2, 0.25) is 11.8 Å². The number of nitrogens with one attached hydrogen (secondary N) is 2. The lowest BCUT2D eigenvalue weighted by Crippen LogP contribution is -2.45. The minimum Gasteiger partial charge on any atom is -0.369 e. The molecule has 10 heteroatoms. The fourth-order valence-corrected chi connectivity index (χ4v) is 4.62. The Kier molecular flexibility index (Phi) is 6.82. The van der Waals surface area contributed by atoms with Crippen molar-refractivity contribution in [3.63, 3.8) is 0 Å². The lowest BCUT2D eigenvalue weighted by Gasteiger charge is -2.27. The summed E-state index contributed by atoms with van der Waals surface area (Å²) in [6.45, 7) is 0. The van der Waals surface area contributed by atoms with E-state index in [-0.39, 0.29) is 18.0 Å². The maximum Gasteiger partial charge on any atom is 0.389 e. The normalized spacial score (nSPS) is 19.0. The molecule has 0 aromatic heterocycles. The van der Waals surface area contributed by atoms with E-state index in [9.17, 15) is 31.9 Å². The van der Waals surface area contributed by atoms with Gasteiger partial charge in [-0.2, -0.15) is 13.2 Å². The van der Waals surface area contributed by atoms with Gasteiger partial charge in [0.15, 0.2) is 0 Å². The molecular formula is C25H25F4N3O3. The van der Waals surface area contributed by atoms with Crippen LogP contribution in [0.3, 0.4) is 0 Å². The van der Waals surface area contributed by atoms with Crippen molar-refractivity contribution in [2.45, 2.75) is 44.3 Å². The Morgan fingerprint density at radius 3 is 2.40 bits per heavy atom. The molecule has 1 aliphatic heterocycles. The summed E-state index contributed by atoms with van der Waals surface area (Å²) in [4.78, 5) is 38.6. The fourth-order valence-electron chi connectivity index (χ4n) is 4.62. The van der Waals surface area contributed by atoms with Gasteiger partial charge in [0.05, 0.1) is 5.69 Å². The van der Waals surface area contributed by atoms with Crippen LogP contribution < -0.4 is 16.4 Å². The predicted molar refractivity (Wildman–Crippen MR) is 120 cm³/mol. The number of benzene rings is 2. The largest absolute Gasteiger partial charge is 0.389 e. The predicted octanol–water partition coefficient (Wildman–Crippen LogP) is 4.46. The van der Waals surface area contributed by atoms with Crippen LogP contribution in [0, 0.1) is 23.6 Å². The minimum atomic E-state index is -4.54. The van der Waals surface area contributed by atoms with E-state index in [4.69, 9.17) is 5.73 Å². The molecule has 1 saturated carbocycles. The molecule has 2 aromatic rings. The van der Waals surface area contributed by atoms with E-state index < -0.39 is 60.4 Å². The second-order valence-corrected chi connectivity index (χ2v) is 9.13. The standard InChI is InChI=1S/C25H25F4N3O3/c26-19-7-3-6-15-14-4-1-2-5-16(14)21(24(35)31-20(15)19)32-23(34)17(10-11-25(27,28)29)18(22(30)33)12-13-8-9-13/h1-7,13,17-18,21H,8-12H2,(H2,30,33)(H,31,35)(H,32,34)/t17-,18+,21+/m1/s1. The molecule has 0 bridgehead atoms. The van der Waals surface area contributed by atoms with Gasteiger partial charge < -0.3 is 16.4 Å². The number of para-hydroxylation sites is 1. The number of nitrogens with two attached hydrogens (primary N) is 1. The Morgan fingerprint density at radius 1 is 1.06 bits per heavy atom. The maximum absolute atomic E-state index is 14.5. The minimum absolute atomic E-state index is 0.0564. The lowest BCUT2D eigenvalue weighted by molar-refractivity contribution is -0.146. The zero-order valence-electron chi connectivity index (χ0n) is 18.7. The summed E-state index contributed by atoms with van der Waals surface area (Å²) in [5.41, 5.74) is 6.70. The molecule has 2 aliphatic rings. The van der Waals surface area contributed by atoms with Crippen LogP contribution in [0.1, 0.15) is 43.7 Å². The number of hydrogen-bond acceptors (Lipinski definition) is 3. The molecule has 4 N–H and O–H groups in total. The highest BCUT2D eigenvalue weighted by molar-refractivity contribution is 6.05. The first kappa shape index (κ1) is 24.7. The Morgan fingerprint density at radius 2 is 1.74 bits per heavy atom. The van der Waals surface area contributed by atoms with Gasteiger partial charge in [0, 0.05) is 23.8 Å². The van der Waals surface area contributed by atoms with Gasteiger partial charge in [-0.3, -0.25) is 14.4 Å². The van der Waals surface area contributed by atoms with Crippen LogP contribution in [0.5, 0.6) is 0 Å². The van der Waals surface area contributed by atoms with Crippen molar-refractivity contribution in [3.05, 3.63) is 53.8 Å². The molecule has 6 nitrogen and oxygen atoms in total. The maximum atomic E-state index is 14.5. The van der Waals surface area contributed by atoms with E-state index in [1.165, 1.54) is 12.1 Å². The van der Waals surface area contributed by atoms with Crippen molar-refractivity contribution < 1.29 is 31.9 Å². The Labute approximate surface area is 199 Å². The number of rotatable bonds is 8. The third kappa shape index (κ3) is 5.63. The summed E-state index contributed by atoms with van der Waals surface area (Å²) in [6, 6.07) is 9.54. The molecule has 0 radical (unpaired) electrons. The van der Waals surface area contributed by atoms with Crippen molar-refractivity contribution in [2.75, 3.05) is 5.32 Å². The quantitative estimate of drug-likeness (QED) is 0.475. The van der Waals surface area contributed by atoms with E-state index in [2.05, 4.69) is 10.6 Å². The first-order valence-electron chi connectivity index (χ1n) is 11.4. The van der Waals surface area contributed by atoms with Crippen LogP contribution in [0.15, 0.2) is 42.5 Å².